The zero-order valence-electron chi connectivity index (χ0n) is 17.9. The molecule has 172 valence electrons. The van der Waals surface area contributed by atoms with Gasteiger partial charge in [0.05, 0.1) is 28.1 Å². The Balaban J connectivity index is 1.57. The number of aromatic nitrogens is 3. The Bertz CT molecular complexity index is 1520. The van der Waals surface area contributed by atoms with E-state index in [9.17, 15) is 18.0 Å². The van der Waals surface area contributed by atoms with E-state index < -0.39 is 28.3 Å². The fraction of sp³-hybridized carbons (Fsp3) is 0.0833. The van der Waals surface area contributed by atoms with Crippen molar-refractivity contribution < 1.29 is 17.9 Å². The second-order valence-electron chi connectivity index (χ2n) is 7.16. The standard InChI is InChI=1S/C24H20N4O5S/c1-2-15-28(19-10-4-3-5-11-19)34(31,32)20-12-8-9-18(16-20)24(30)33-17-27-23(29)21-13-6-7-14-22(21)25-26-27/h2-14,16H,1,15,17H2. The first-order valence-corrected chi connectivity index (χ1v) is 11.6. The van der Waals surface area contributed by atoms with Crippen molar-refractivity contribution in [2.24, 2.45) is 0 Å². The molecule has 4 aromatic rings. The van der Waals surface area contributed by atoms with E-state index in [0.29, 0.717) is 16.6 Å². The molecule has 0 aliphatic carbocycles. The van der Waals surface area contributed by atoms with Crippen LogP contribution in [0.15, 0.2) is 101 Å². The number of rotatable bonds is 8. The SMILES string of the molecule is C=CCN(c1ccccc1)S(=O)(=O)c1cccc(C(=O)OCn2nnc3ccccc3c2=O)c1. The van der Waals surface area contributed by atoms with Crippen molar-refractivity contribution in [2.75, 3.05) is 10.8 Å². The molecular weight excluding hydrogens is 456 g/mol. The number of para-hydroxylation sites is 1. The first-order valence-electron chi connectivity index (χ1n) is 10.2. The van der Waals surface area contributed by atoms with Crippen LogP contribution in [0.4, 0.5) is 5.69 Å². The van der Waals surface area contributed by atoms with Crippen LogP contribution in [0.5, 0.6) is 0 Å². The lowest BCUT2D eigenvalue weighted by Gasteiger charge is -2.23. The molecule has 0 amide bonds. The molecule has 0 saturated carbocycles. The molecule has 0 bridgehead atoms. The van der Waals surface area contributed by atoms with Gasteiger partial charge in [-0.1, -0.05) is 47.7 Å². The summed E-state index contributed by atoms with van der Waals surface area (Å²) in [6.45, 7) is 3.21. The summed E-state index contributed by atoms with van der Waals surface area (Å²) in [5, 5.41) is 8.04. The van der Waals surface area contributed by atoms with Gasteiger partial charge in [-0.15, -0.1) is 11.7 Å². The summed E-state index contributed by atoms with van der Waals surface area (Å²) in [6, 6.07) is 20.7. The summed E-state index contributed by atoms with van der Waals surface area (Å²) in [5.41, 5.74) is 0.437. The van der Waals surface area contributed by atoms with Crippen molar-refractivity contribution in [3.05, 3.63) is 107 Å². The molecule has 10 heteroatoms. The molecule has 0 aliphatic rings. The molecule has 0 spiro atoms. The Morgan fingerprint density at radius 1 is 1.03 bits per heavy atom. The predicted octanol–water partition coefficient (Wildman–Crippen LogP) is 2.99. The topological polar surface area (TPSA) is 111 Å². The second kappa shape index (κ2) is 9.67. The number of anilines is 1. The molecule has 0 unspecified atom stereocenters. The highest BCUT2D eigenvalue weighted by Crippen LogP contribution is 2.24. The van der Waals surface area contributed by atoms with Gasteiger partial charge in [0.25, 0.3) is 15.6 Å². The maximum Gasteiger partial charge on any atom is 0.339 e. The summed E-state index contributed by atoms with van der Waals surface area (Å²) in [5.74, 6) is -0.811. The first-order chi connectivity index (χ1) is 16.4. The molecular formula is C24H20N4O5S. The van der Waals surface area contributed by atoms with Crippen molar-refractivity contribution in [3.63, 3.8) is 0 Å². The minimum Gasteiger partial charge on any atom is -0.439 e. The summed E-state index contributed by atoms with van der Waals surface area (Å²) in [6.07, 6.45) is 1.48. The number of sulfonamides is 1. The zero-order chi connectivity index (χ0) is 24.1. The normalized spacial score (nSPS) is 11.2. The highest BCUT2D eigenvalue weighted by Gasteiger charge is 2.25. The van der Waals surface area contributed by atoms with Gasteiger partial charge in [-0.3, -0.25) is 9.10 Å². The molecule has 1 aromatic heterocycles. The van der Waals surface area contributed by atoms with Gasteiger partial charge >= 0.3 is 5.97 Å². The van der Waals surface area contributed by atoms with Crippen LogP contribution >= 0.6 is 0 Å². The third kappa shape index (κ3) is 4.57. The third-order valence-corrected chi connectivity index (χ3v) is 6.73. The minimum absolute atomic E-state index is 0.00878. The number of fused-ring (bicyclic) bond motifs is 1. The third-order valence-electron chi connectivity index (χ3n) is 4.94. The Labute approximate surface area is 195 Å². The molecule has 1 heterocycles. The first kappa shape index (κ1) is 22.9. The maximum atomic E-state index is 13.3. The van der Waals surface area contributed by atoms with Crippen LogP contribution in [0.3, 0.4) is 0 Å². The van der Waals surface area contributed by atoms with Gasteiger partial charge in [-0.25, -0.2) is 13.2 Å². The molecule has 0 radical (unpaired) electrons. The van der Waals surface area contributed by atoms with Crippen molar-refractivity contribution >= 4 is 32.6 Å². The molecule has 9 nitrogen and oxygen atoms in total. The van der Waals surface area contributed by atoms with E-state index in [1.165, 1.54) is 34.6 Å². The van der Waals surface area contributed by atoms with Crippen LogP contribution in [-0.2, 0) is 21.5 Å². The zero-order valence-corrected chi connectivity index (χ0v) is 18.8. The largest absolute Gasteiger partial charge is 0.439 e. The van der Waals surface area contributed by atoms with Gasteiger partial charge < -0.3 is 4.74 Å². The quantitative estimate of drug-likeness (QED) is 0.284. The Morgan fingerprint density at radius 2 is 1.76 bits per heavy atom. The average Bonchev–Trinajstić information content (AvgIpc) is 2.87. The predicted molar refractivity (Wildman–Crippen MR) is 127 cm³/mol. The molecule has 0 saturated heterocycles. The Kier molecular flexibility index (Phi) is 6.51. The van der Waals surface area contributed by atoms with E-state index >= 15 is 0 Å². The van der Waals surface area contributed by atoms with Crippen molar-refractivity contribution in [3.8, 4) is 0 Å². The maximum absolute atomic E-state index is 13.3. The van der Waals surface area contributed by atoms with Gasteiger partial charge in [0.15, 0.2) is 6.73 Å². The van der Waals surface area contributed by atoms with Crippen molar-refractivity contribution in [2.45, 2.75) is 11.6 Å². The molecule has 0 aliphatic heterocycles. The number of nitrogens with zero attached hydrogens (tertiary/aromatic N) is 4. The van der Waals surface area contributed by atoms with Crippen LogP contribution in [0, 0.1) is 0 Å². The average molecular weight is 477 g/mol. The number of esters is 1. The van der Waals surface area contributed by atoms with Gasteiger partial charge in [0.2, 0.25) is 0 Å². The molecule has 4 rings (SSSR count). The highest BCUT2D eigenvalue weighted by atomic mass is 32.2. The van der Waals surface area contributed by atoms with Gasteiger partial charge in [-0.05, 0) is 42.5 Å². The number of ether oxygens (including phenoxy) is 1. The van der Waals surface area contributed by atoms with E-state index in [-0.39, 0.29) is 17.0 Å². The Hall–Kier alpha value is -4.31. The van der Waals surface area contributed by atoms with E-state index in [1.54, 1.807) is 54.6 Å². The molecule has 0 N–H and O–H groups in total. The number of hydrogen-bond acceptors (Lipinski definition) is 7. The molecule has 0 atom stereocenters. The summed E-state index contributed by atoms with van der Waals surface area (Å²) in [4.78, 5) is 25.1. The molecule has 0 fully saturated rings. The lowest BCUT2D eigenvalue weighted by atomic mass is 10.2. The number of carbonyl (C=O) groups excluding carboxylic acids is 1. The second-order valence-corrected chi connectivity index (χ2v) is 9.02. The minimum atomic E-state index is -3.99. The van der Waals surface area contributed by atoms with Crippen LogP contribution < -0.4 is 9.86 Å². The van der Waals surface area contributed by atoms with Crippen LogP contribution in [0.25, 0.3) is 10.9 Å². The lowest BCUT2D eigenvalue weighted by molar-refractivity contribution is 0.0336. The van der Waals surface area contributed by atoms with E-state index in [1.807, 2.05) is 0 Å². The number of benzene rings is 3. The smallest absolute Gasteiger partial charge is 0.339 e. The fourth-order valence-electron chi connectivity index (χ4n) is 3.28. The molecule has 3 aromatic carbocycles. The Morgan fingerprint density at radius 3 is 2.53 bits per heavy atom. The lowest BCUT2D eigenvalue weighted by Crippen LogP contribution is -2.31. The fourth-order valence-corrected chi connectivity index (χ4v) is 4.76. The van der Waals surface area contributed by atoms with Gasteiger partial charge in [-0.2, -0.15) is 4.68 Å². The summed E-state index contributed by atoms with van der Waals surface area (Å²) >= 11 is 0. The van der Waals surface area contributed by atoms with Gasteiger partial charge in [0, 0.05) is 0 Å². The van der Waals surface area contributed by atoms with Crippen molar-refractivity contribution in [1.29, 1.82) is 0 Å². The number of carbonyl (C=O) groups is 1. The van der Waals surface area contributed by atoms with E-state index in [0.717, 1.165) is 4.68 Å². The highest BCUT2D eigenvalue weighted by molar-refractivity contribution is 7.92. The molecule has 34 heavy (non-hydrogen) atoms. The summed E-state index contributed by atoms with van der Waals surface area (Å²) in [7, 11) is -3.99. The van der Waals surface area contributed by atoms with Gasteiger partial charge in [0.1, 0.15) is 5.52 Å². The van der Waals surface area contributed by atoms with Crippen molar-refractivity contribution in [1.82, 2.24) is 15.0 Å². The van der Waals surface area contributed by atoms with Crippen LogP contribution in [0.2, 0.25) is 0 Å². The number of hydrogen-bond donors (Lipinski definition) is 0. The summed E-state index contributed by atoms with van der Waals surface area (Å²) < 4.78 is 33.9. The van der Waals surface area contributed by atoms with E-state index in [4.69, 9.17) is 4.74 Å². The van der Waals surface area contributed by atoms with Crippen LogP contribution in [0.1, 0.15) is 10.4 Å². The van der Waals surface area contributed by atoms with Crippen LogP contribution in [-0.4, -0.2) is 35.9 Å². The monoisotopic (exact) mass is 476 g/mol. The van der Waals surface area contributed by atoms with E-state index in [2.05, 4.69) is 16.9 Å².